The molecule has 6 heteroatoms. The monoisotopic (exact) mass is 342 g/mol. The molecule has 1 aromatic carbocycles. The summed E-state index contributed by atoms with van der Waals surface area (Å²) in [5.41, 5.74) is 1.69. The number of nitrogens with one attached hydrogen (secondary N) is 1. The van der Waals surface area contributed by atoms with Crippen LogP contribution in [0.3, 0.4) is 0 Å². The van der Waals surface area contributed by atoms with E-state index >= 15 is 0 Å². The van der Waals surface area contributed by atoms with Crippen LogP contribution in [0.4, 0.5) is 0 Å². The number of nitrogens with zero attached hydrogens (tertiary/aromatic N) is 3. The highest BCUT2D eigenvalue weighted by Gasteiger charge is 2.47. The molecule has 0 spiro atoms. The van der Waals surface area contributed by atoms with Gasteiger partial charge in [0.25, 0.3) is 0 Å². The lowest BCUT2D eigenvalue weighted by atomic mass is 9.88. The summed E-state index contributed by atoms with van der Waals surface area (Å²) in [5, 5.41) is 2.99. The molecule has 1 N–H and O–H groups in total. The van der Waals surface area contributed by atoms with Crippen molar-refractivity contribution in [2.24, 2.45) is 13.0 Å². The minimum absolute atomic E-state index is 0.0323. The van der Waals surface area contributed by atoms with E-state index in [0.717, 1.165) is 29.7 Å². The first-order chi connectivity index (χ1) is 11.8. The number of fused-ring (bicyclic) bond motifs is 1. The van der Waals surface area contributed by atoms with Gasteiger partial charge in [-0.1, -0.05) is 12.1 Å². The molecule has 0 unspecified atom stereocenters. The Morgan fingerprint density at radius 3 is 2.68 bits per heavy atom. The van der Waals surface area contributed by atoms with Gasteiger partial charge in [0.15, 0.2) is 0 Å². The second-order valence-electron chi connectivity index (χ2n) is 7.33. The van der Waals surface area contributed by atoms with E-state index in [1.165, 1.54) is 0 Å². The average molecular weight is 342 g/mol. The number of carbonyl (C=O) groups is 2. The maximum atomic E-state index is 12.5. The predicted molar refractivity (Wildman–Crippen MR) is 97.0 cm³/mol. The summed E-state index contributed by atoms with van der Waals surface area (Å²) in [6.07, 6.45) is 1.91. The zero-order valence-corrected chi connectivity index (χ0v) is 15.4. The highest BCUT2D eigenvalue weighted by Crippen LogP contribution is 2.34. The number of hydrogen-bond donors (Lipinski definition) is 1. The number of amides is 2. The number of imidazole rings is 1. The van der Waals surface area contributed by atoms with E-state index in [2.05, 4.69) is 20.9 Å². The normalized spacial score (nSPS) is 19.6. The van der Waals surface area contributed by atoms with Gasteiger partial charge >= 0.3 is 0 Å². The van der Waals surface area contributed by atoms with Crippen LogP contribution in [-0.4, -0.2) is 45.4 Å². The van der Waals surface area contributed by atoms with Crippen molar-refractivity contribution in [3.8, 4) is 0 Å². The SMILES string of the molecule is CN1C(=O)C[C@H](C(=O)NCCCc2nc3ccccc3n2C)C1(C)C. The molecule has 1 saturated heterocycles. The molecule has 1 aliphatic rings. The molecule has 1 fully saturated rings. The summed E-state index contributed by atoms with van der Waals surface area (Å²) in [4.78, 5) is 30.7. The van der Waals surface area contributed by atoms with Gasteiger partial charge in [0.2, 0.25) is 11.8 Å². The Balaban J connectivity index is 1.54. The molecule has 2 heterocycles. The Bertz CT molecular complexity index is 809. The average Bonchev–Trinajstić information content (AvgIpc) is 3.01. The molecule has 1 aliphatic heterocycles. The highest BCUT2D eigenvalue weighted by atomic mass is 16.2. The van der Waals surface area contributed by atoms with Crippen molar-refractivity contribution in [2.75, 3.05) is 13.6 Å². The first kappa shape index (κ1) is 17.5. The van der Waals surface area contributed by atoms with Gasteiger partial charge < -0.3 is 14.8 Å². The van der Waals surface area contributed by atoms with E-state index in [9.17, 15) is 9.59 Å². The maximum Gasteiger partial charge on any atom is 0.225 e. The Morgan fingerprint density at radius 1 is 1.32 bits per heavy atom. The van der Waals surface area contributed by atoms with Crippen LogP contribution in [0.1, 0.15) is 32.5 Å². The van der Waals surface area contributed by atoms with Crippen LogP contribution >= 0.6 is 0 Å². The van der Waals surface area contributed by atoms with Crippen molar-refractivity contribution in [3.05, 3.63) is 30.1 Å². The molecule has 6 nitrogen and oxygen atoms in total. The molecule has 0 radical (unpaired) electrons. The molecule has 0 saturated carbocycles. The molecule has 3 rings (SSSR count). The zero-order chi connectivity index (χ0) is 18.2. The molecular weight excluding hydrogens is 316 g/mol. The van der Waals surface area contributed by atoms with Crippen molar-refractivity contribution in [3.63, 3.8) is 0 Å². The second kappa shape index (κ2) is 6.50. The number of likely N-dealkylation sites (tertiary alicyclic amines) is 1. The van der Waals surface area contributed by atoms with Gasteiger partial charge in [-0.2, -0.15) is 0 Å². The minimum Gasteiger partial charge on any atom is -0.356 e. The lowest BCUT2D eigenvalue weighted by Gasteiger charge is -2.32. The van der Waals surface area contributed by atoms with Gasteiger partial charge in [0.1, 0.15) is 5.82 Å². The van der Waals surface area contributed by atoms with E-state index in [4.69, 9.17) is 0 Å². The summed E-state index contributed by atoms with van der Waals surface area (Å²) < 4.78 is 2.10. The van der Waals surface area contributed by atoms with E-state index in [0.29, 0.717) is 13.0 Å². The third kappa shape index (κ3) is 3.13. The smallest absolute Gasteiger partial charge is 0.225 e. The van der Waals surface area contributed by atoms with Crippen molar-refractivity contribution in [1.82, 2.24) is 19.8 Å². The maximum absolute atomic E-state index is 12.5. The Labute approximate surface area is 148 Å². The zero-order valence-electron chi connectivity index (χ0n) is 15.4. The van der Waals surface area contributed by atoms with Gasteiger partial charge in [0.05, 0.1) is 17.0 Å². The largest absolute Gasteiger partial charge is 0.356 e. The van der Waals surface area contributed by atoms with Crippen molar-refractivity contribution < 1.29 is 9.59 Å². The standard InChI is InChI=1S/C19H26N4O2/c1-19(2)13(12-17(24)23(19)4)18(25)20-11-7-10-16-21-14-8-5-6-9-15(14)22(16)3/h5-6,8-9,13H,7,10-12H2,1-4H3,(H,20,25)/t13-/m1/s1. The van der Waals surface area contributed by atoms with Crippen LogP contribution < -0.4 is 5.32 Å². The summed E-state index contributed by atoms with van der Waals surface area (Å²) in [6.45, 7) is 4.48. The number of rotatable bonds is 5. The first-order valence-electron chi connectivity index (χ1n) is 8.77. The molecule has 1 atom stereocenters. The number of benzene rings is 1. The molecular formula is C19H26N4O2. The Hall–Kier alpha value is -2.37. The molecule has 0 bridgehead atoms. The fourth-order valence-electron chi connectivity index (χ4n) is 3.53. The van der Waals surface area contributed by atoms with Crippen molar-refractivity contribution in [2.45, 2.75) is 38.6 Å². The van der Waals surface area contributed by atoms with Crippen LogP contribution in [0.25, 0.3) is 11.0 Å². The molecule has 0 aliphatic carbocycles. The predicted octanol–water partition coefficient (Wildman–Crippen LogP) is 1.88. The van der Waals surface area contributed by atoms with E-state index in [1.54, 1.807) is 11.9 Å². The van der Waals surface area contributed by atoms with Crippen LogP contribution in [0.2, 0.25) is 0 Å². The third-order valence-electron chi connectivity index (χ3n) is 5.54. The quantitative estimate of drug-likeness (QED) is 0.844. The number of carbonyl (C=O) groups excluding carboxylic acids is 2. The van der Waals surface area contributed by atoms with E-state index < -0.39 is 5.54 Å². The summed E-state index contributed by atoms with van der Waals surface area (Å²) in [6, 6.07) is 8.07. The topological polar surface area (TPSA) is 67.2 Å². The fourth-order valence-corrected chi connectivity index (χ4v) is 3.53. The van der Waals surface area contributed by atoms with Crippen LogP contribution in [0.5, 0.6) is 0 Å². The Morgan fingerprint density at radius 2 is 2.04 bits per heavy atom. The van der Waals surface area contributed by atoms with Crippen molar-refractivity contribution in [1.29, 1.82) is 0 Å². The lowest BCUT2D eigenvalue weighted by molar-refractivity contribution is -0.128. The fraction of sp³-hybridized carbons (Fsp3) is 0.526. The summed E-state index contributed by atoms with van der Waals surface area (Å²) in [7, 11) is 3.78. The van der Waals surface area contributed by atoms with Gasteiger partial charge in [-0.15, -0.1) is 0 Å². The molecule has 1 aromatic heterocycles. The molecule has 25 heavy (non-hydrogen) atoms. The number of hydrogen-bond acceptors (Lipinski definition) is 3. The number of aromatic nitrogens is 2. The van der Waals surface area contributed by atoms with Gasteiger partial charge in [-0.05, 0) is 32.4 Å². The second-order valence-corrected chi connectivity index (χ2v) is 7.33. The van der Waals surface area contributed by atoms with E-state index in [1.807, 2.05) is 39.1 Å². The minimum atomic E-state index is -0.432. The highest BCUT2D eigenvalue weighted by molar-refractivity contribution is 5.90. The third-order valence-corrected chi connectivity index (χ3v) is 5.54. The van der Waals surface area contributed by atoms with Crippen LogP contribution in [0, 0.1) is 5.92 Å². The van der Waals surface area contributed by atoms with Crippen LogP contribution in [-0.2, 0) is 23.1 Å². The van der Waals surface area contributed by atoms with Gasteiger partial charge in [0, 0.05) is 39.0 Å². The van der Waals surface area contributed by atoms with Crippen molar-refractivity contribution >= 4 is 22.8 Å². The molecule has 2 aromatic rings. The summed E-state index contributed by atoms with van der Waals surface area (Å²) >= 11 is 0. The summed E-state index contributed by atoms with van der Waals surface area (Å²) in [5.74, 6) is 0.727. The van der Waals surface area contributed by atoms with Gasteiger partial charge in [-0.3, -0.25) is 9.59 Å². The van der Waals surface area contributed by atoms with Crippen LogP contribution in [0.15, 0.2) is 24.3 Å². The van der Waals surface area contributed by atoms with Gasteiger partial charge in [-0.25, -0.2) is 4.98 Å². The molecule has 134 valence electrons. The number of para-hydroxylation sites is 2. The Kier molecular flexibility index (Phi) is 4.54. The lowest BCUT2D eigenvalue weighted by Crippen LogP contribution is -2.47. The van der Waals surface area contributed by atoms with E-state index in [-0.39, 0.29) is 17.7 Å². The first-order valence-corrected chi connectivity index (χ1v) is 8.77. The molecule has 2 amide bonds. The number of aryl methyl sites for hydroxylation is 2.